The van der Waals surface area contributed by atoms with Crippen molar-refractivity contribution in [2.45, 2.75) is 19.8 Å². The van der Waals surface area contributed by atoms with Gasteiger partial charge in [0.1, 0.15) is 5.82 Å². The molecule has 2 aromatic rings. The standard InChI is InChI=1S/C12H13BrN4/c1-2-3-9-10(13)11(14)17-12(16-9)8-4-6-15-7-5-8/h4-7H,2-3H2,1H3,(H2,14,16,17). The van der Waals surface area contributed by atoms with Gasteiger partial charge in [-0.1, -0.05) is 13.3 Å². The van der Waals surface area contributed by atoms with Crippen molar-refractivity contribution in [1.29, 1.82) is 0 Å². The molecule has 0 spiro atoms. The Labute approximate surface area is 108 Å². The Morgan fingerprint density at radius 1 is 1.24 bits per heavy atom. The predicted octanol–water partition coefficient (Wildman–Crippen LogP) is 2.84. The van der Waals surface area contributed by atoms with Gasteiger partial charge in [-0.3, -0.25) is 4.98 Å². The lowest BCUT2D eigenvalue weighted by molar-refractivity contribution is 0.870. The van der Waals surface area contributed by atoms with E-state index in [0.29, 0.717) is 11.6 Å². The Bertz CT molecular complexity index is 513. The van der Waals surface area contributed by atoms with Gasteiger partial charge in [0.15, 0.2) is 5.82 Å². The molecule has 0 bridgehead atoms. The summed E-state index contributed by atoms with van der Waals surface area (Å²) in [5.74, 6) is 1.13. The van der Waals surface area contributed by atoms with Crippen LogP contribution < -0.4 is 5.73 Å². The highest BCUT2D eigenvalue weighted by molar-refractivity contribution is 9.10. The number of aryl methyl sites for hydroxylation is 1. The van der Waals surface area contributed by atoms with Crippen LogP contribution in [0.3, 0.4) is 0 Å². The van der Waals surface area contributed by atoms with Gasteiger partial charge in [0.05, 0.1) is 10.2 Å². The average Bonchev–Trinajstić information content (AvgIpc) is 2.36. The molecule has 0 fully saturated rings. The van der Waals surface area contributed by atoms with Crippen LogP contribution in [0.25, 0.3) is 11.4 Å². The second kappa shape index (κ2) is 5.23. The van der Waals surface area contributed by atoms with E-state index in [1.807, 2.05) is 12.1 Å². The fourth-order valence-electron chi connectivity index (χ4n) is 1.55. The van der Waals surface area contributed by atoms with Crippen LogP contribution in [-0.2, 0) is 6.42 Å². The third-order valence-corrected chi connectivity index (χ3v) is 3.23. The molecule has 4 nitrogen and oxygen atoms in total. The zero-order valence-corrected chi connectivity index (χ0v) is 11.1. The zero-order chi connectivity index (χ0) is 12.3. The highest BCUT2D eigenvalue weighted by atomic mass is 79.9. The minimum absolute atomic E-state index is 0.482. The van der Waals surface area contributed by atoms with E-state index in [9.17, 15) is 0 Å². The molecule has 0 radical (unpaired) electrons. The lowest BCUT2D eigenvalue weighted by Crippen LogP contribution is -2.02. The Kier molecular flexibility index (Phi) is 3.68. The van der Waals surface area contributed by atoms with Crippen LogP contribution >= 0.6 is 15.9 Å². The molecule has 0 unspecified atom stereocenters. The lowest BCUT2D eigenvalue weighted by atomic mass is 10.2. The van der Waals surface area contributed by atoms with Crippen LogP contribution in [-0.4, -0.2) is 15.0 Å². The van der Waals surface area contributed by atoms with Crippen molar-refractivity contribution in [1.82, 2.24) is 15.0 Å². The maximum Gasteiger partial charge on any atom is 0.161 e. The molecule has 0 aliphatic carbocycles. The van der Waals surface area contributed by atoms with Crippen LogP contribution in [0.2, 0.25) is 0 Å². The summed E-state index contributed by atoms with van der Waals surface area (Å²) in [6.07, 6.45) is 5.34. The number of hydrogen-bond donors (Lipinski definition) is 1. The third kappa shape index (κ3) is 2.61. The molecule has 2 rings (SSSR count). The molecular formula is C12H13BrN4. The molecule has 0 atom stereocenters. The van der Waals surface area contributed by atoms with E-state index in [4.69, 9.17) is 5.73 Å². The number of hydrogen-bond acceptors (Lipinski definition) is 4. The summed E-state index contributed by atoms with van der Waals surface area (Å²) in [5, 5.41) is 0. The van der Waals surface area contributed by atoms with E-state index in [-0.39, 0.29) is 0 Å². The molecule has 0 aliphatic rings. The van der Waals surface area contributed by atoms with E-state index in [1.165, 1.54) is 0 Å². The number of nitrogens with zero attached hydrogens (tertiary/aromatic N) is 3. The third-order valence-electron chi connectivity index (χ3n) is 2.37. The Hall–Kier alpha value is -1.49. The molecule has 0 saturated carbocycles. The Morgan fingerprint density at radius 2 is 1.94 bits per heavy atom. The fraction of sp³-hybridized carbons (Fsp3) is 0.250. The Balaban J connectivity index is 2.49. The first-order valence-corrected chi connectivity index (χ1v) is 6.24. The number of nitrogen functional groups attached to an aromatic ring is 1. The molecule has 88 valence electrons. The van der Waals surface area contributed by atoms with Crippen LogP contribution in [0, 0.1) is 0 Å². The molecule has 0 aliphatic heterocycles. The summed E-state index contributed by atoms with van der Waals surface area (Å²) < 4.78 is 0.803. The van der Waals surface area contributed by atoms with E-state index >= 15 is 0 Å². The number of nitrogens with two attached hydrogens (primary N) is 1. The van der Waals surface area contributed by atoms with Gasteiger partial charge in [-0.25, -0.2) is 9.97 Å². The molecule has 0 saturated heterocycles. The van der Waals surface area contributed by atoms with E-state index < -0.39 is 0 Å². The number of rotatable bonds is 3. The minimum atomic E-state index is 0.482. The number of aromatic nitrogens is 3. The van der Waals surface area contributed by atoms with Gasteiger partial charge in [0, 0.05) is 18.0 Å². The molecular weight excluding hydrogens is 280 g/mol. The average molecular weight is 293 g/mol. The van der Waals surface area contributed by atoms with Crippen molar-refractivity contribution in [3.05, 3.63) is 34.7 Å². The number of halogens is 1. The quantitative estimate of drug-likeness (QED) is 0.945. The van der Waals surface area contributed by atoms with Gasteiger partial charge in [-0.2, -0.15) is 0 Å². The Morgan fingerprint density at radius 3 is 2.59 bits per heavy atom. The van der Waals surface area contributed by atoms with Crippen LogP contribution in [0.5, 0.6) is 0 Å². The summed E-state index contributed by atoms with van der Waals surface area (Å²) in [5.41, 5.74) is 7.75. The van der Waals surface area contributed by atoms with E-state index in [0.717, 1.165) is 28.6 Å². The van der Waals surface area contributed by atoms with Crippen molar-refractivity contribution in [3.8, 4) is 11.4 Å². The monoisotopic (exact) mass is 292 g/mol. The topological polar surface area (TPSA) is 64.7 Å². The highest BCUT2D eigenvalue weighted by Crippen LogP contribution is 2.25. The van der Waals surface area contributed by atoms with Crippen LogP contribution in [0.4, 0.5) is 5.82 Å². The van der Waals surface area contributed by atoms with Crippen molar-refractivity contribution in [2.24, 2.45) is 0 Å². The highest BCUT2D eigenvalue weighted by Gasteiger charge is 2.10. The summed E-state index contributed by atoms with van der Waals surface area (Å²) >= 11 is 3.43. The smallest absolute Gasteiger partial charge is 0.161 e. The van der Waals surface area contributed by atoms with Gasteiger partial charge < -0.3 is 5.73 Å². The lowest BCUT2D eigenvalue weighted by Gasteiger charge is -2.08. The second-order valence-corrected chi connectivity index (χ2v) is 4.47. The SMILES string of the molecule is CCCc1nc(-c2ccncc2)nc(N)c1Br. The van der Waals surface area contributed by atoms with Gasteiger partial charge in [-0.05, 0) is 34.5 Å². The van der Waals surface area contributed by atoms with E-state index in [2.05, 4.69) is 37.8 Å². The van der Waals surface area contributed by atoms with Gasteiger partial charge >= 0.3 is 0 Å². The first-order chi connectivity index (χ1) is 8.22. The number of anilines is 1. The molecule has 2 N–H and O–H groups in total. The van der Waals surface area contributed by atoms with Crippen molar-refractivity contribution >= 4 is 21.7 Å². The first-order valence-electron chi connectivity index (χ1n) is 5.44. The van der Waals surface area contributed by atoms with Gasteiger partial charge in [0.25, 0.3) is 0 Å². The summed E-state index contributed by atoms with van der Waals surface area (Å²) in [6.45, 7) is 2.11. The van der Waals surface area contributed by atoms with E-state index in [1.54, 1.807) is 12.4 Å². The van der Waals surface area contributed by atoms with Crippen molar-refractivity contribution < 1.29 is 0 Å². The van der Waals surface area contributed by atoms with Crippen molar-refractivity contribution in [3.63, 3.8) is 0 Å². The van der Waals surface area contributed by atoms with Crippen molar-refractivity contribution in [2.75, 3.05) is 5.73 Å². The zero-order valence-electron chi connectivity index (χ0n) is 9.52. The largest absolute Gasteiger partial charge is 0.383 e. The van der Waals surface area contributed by atoms with Gasteiger partial charge in [-0.15, -0.1) is 0 Å². The van der Waals surface area contributed by atoms with Crippen LogP contribution in [0.15, 0.2) is 29.0 Å². The minimum Gasteiger partial charge on any atom is -0.383 e. The molecule has 17 heavy (non-hydrogen) atoms. The molecule has 0 amide bonds. The fourth-order valence-corrected chi connectivity index (χ4v) is 1.92. The first kappa shape index (κ1) is 12.0. The van der Waals surface area contributed by atoms with Gasteiger partial charge in [0.2, 0.25) is 0 Å². The maximum absolute atomic E-state index is 5.88. The normalized spacial score (nSPS) is 10.5. The van der Waals surface area contributed by atoms with Crippen LogP contribution in [0.1, 0.15) is 19.0 Å². The summed E-state index contributed by atoms with van der Waals surface area (Å²) in [7, 11) is 0. The molecule has 5 heteroatoms. The summed E-state index contributed by atoms with van der Waals surface area (Å²) in [4.78, 5) is 12.8. The number of pyridine rings is 1. The molecule has 2 heterocycles. The summed E-state index contributed by atoms with van der Waals surface area (Å²) in [6, 6.07) is 3.75. The predicted molar refractivity (Wildman–Crippen MR) is 71.4 cm³/mol. The second-order valence-electron chi connectivity index (χ2n) is 3.68. The maximum atomic E-state index is 5.88. The molecule has 2 aromatic heterocycles. The molecule has 0 aromatic carbocycles.